The predicted molar refractivity (Wildman–Crippen MR) is 92.3 cm³/mol. The van der Waals surface area contributed by atoms with Crippen molar-refractivity contribution in [3.05, 3.63) is 63.7 Å². The van der Waals surface area contributed by atoms with Crippen LogP contribution in [0.25, 0.3) is 6.08 Å². The van der Waals surface area contributed by atoms with Crippen LogP contribution in [-0.2, 0) is 0 Å². The minimum Gasteiger partial charge on any atom is -0.497 e. The number of hydrogen-bond donors (Lipinski definition) is 0. The minimum atomic E-state index is -0.659. The Morgan fingerprint density at radius 2 is 1.80 bits per heavy atom. The van der Waals surface area contributed by atoms with Gasteiger partial charge < -0.3 is 14.2 Å². The third-order valence-electron chi connectivity index (χ3n) is 3.36. The second kappa shape index (κ2) is 7.96. The molecule has 0 N–H and O–H groups in total. The summed E-state index contributed by atoms with van der Waals surface area (Å²) in [5, 5.41) is 10.7. The van der Waals surface area contributed by atoms with Crippen molar-refractivity contribution in [2.45, 2.75) is 6.92 Å². The van der Waals surface area contributed by atoms with Crippen molar-refractivity contribution >= 4 is 17.7 Å². The Balaban J connectivity index is 2.36. The molecule has 0 amide bonds. The molecule has 0 aromatic heterocycles. The van der Waals surface area contributed by atoms with Gasteiger partial charge in [-0.25, -0.2) is 4.79 Å². The van der Waals surface area contributed by atoms with Gasteiger partial charge in [0.25, 0.3) is 5.69 Å². The zero-order valence-electron chi connectivity index (χ0n) is 14.0. The van der Waals surface area contributed by atoms with Crippen LogP contribution < -0.4 is 14.2 Å². The summed E-state index contributed by atoms with van der Waals surface area (Å²) < 4.78 is 16.0. The number of methoxy groups -OCH3 is 2. The number of carbonyl (C=O) groups excluding carboxylic acids is 1. The fraction of sp³-hybridized carbons (Fsp3) is 0.167. The maximum absolute atomic E-state index is 12.3. The van der Waals surface area contributed by atoms with Crippen molar-refractivity contribution in [3.63, 3.8) is 0 Å². The first-order chi connectivity index (χ1) is 12.0. The van der Waals surface area contributed by atoms with Crippen LogP contribution in [0.2, 0.25) is 0 Å². The highest BCUT2D eigenvalue weighted by Gasteiger charge is 2.17. The van der Waals surface area contributed by atoms with Gasteiger partial charge in [-0.1, -0.05) is 12.2 Å². The molecule has 0 saturated heterocycles. The van der Waals surface area contributed by atoms with Gasteiger partial charge in [0.2, 0.25) is 0 Å². The molecule has 7 heteroatoms. The number of benzene rings is 2. The molecule has 2 aromatic rings. The van der Waals surface area contributed by atoms with Gasteiger partial charge in [-0.15, -0.1) is 0 Å². The van der Waals surface area contributed by atoms with E-state index < -0.39 is 10.9 Å². The predicted octanol–water partition coefficient (Wildman–Crippen LogP) is 3.86. The van der Waals surface area contributed by atoms with Crippen LogP contribution in [0.15, 0.2) is 42.5 Å². The lowest BCUT2D eigenvalue weighted by atomic mass is 10.1. The number of nitro benzene ring substituents is 1. The van der Waals surface area contributed by atoms with Gasteiger partial charge >= 0.3 is 5.97 Å². The van der Waals surface area contributed by atoms with Gasteiger partial charge in [-0.2, -0.15) is 0 Å². The number of allylic oxidation sites excluding steroid dienone is 1. The Morgan fingerprint density at radius 3 is 2.32 bits per heavy atom. The average molecular weight is 343 g/mol. The molecule has 0 aliphatic carbocycles. The molecule has 25 heavy (non-hydrogen) atoms. The molecule has 0 radical (unpaired) electrons. The van der Waals surface area contributed by atoms with Gasteiger partial charge in [0.05, 0.1) is 24.7 Å². The number of rotatable bonds is 6. The van der Waals surface area contributed by atoms with Crippen molar-refractivity contribution in [1.29, 1.82) is 0 Å². The van der Waals surface area contributed by atoms with Crippen molar-refractivity contribution < 1.29 is 23.9 Å². The summed E-state index contributed by atoms with van der Waals surface area (Å²) in [7, 11) is 2.97. The molecule has 0 saturated carbocycles. The Morgan fingerprint density at radius 1 is 1.12 bits per heavy atom. The molecular formula is C18H17NO6. The number of hydrogen-bond acceptors (Lipinski definition) is 6. The second-order valence-corrected chi connectivity index (χ2v) is 4.94. The lowest BCUT2D eigenvalue weighted by molar-refractivity contribution is -0.384. The van der Waals surface area contributed by atoms with E-state index in [4.69, 9.17) is 14.2 Å². The van der Waals surface area contributed by atoms with Crippen LogP contribution in [0.5, 0.6) is 17.2 Å². The molecule has 0 unspecified atom stereocenters. The van der Waals surface area contributed by atoms with E-state index in [0.717, 1.165) is 0 Å². The van der Waals surface area contributed by atoms with Gasteiger partial charge in [-0.3, -0.25) is 10.1 Å². The number of carbonyl (C=O) groups is 1. The van der Waals surface area contributed by atoms with E-state index >= 15 is 0 Å². The van der Waals surface area contributed by atoms with Crippen molar-refractivity contribution in [2.24, 2.45) is 0 Å². The lowest BCUT2D eigenvalue weighted by Crippen LogP contribution is -2.10. The molecule has 130 valence electrons. The molecule has 2 aromatic carbocycles. The summed E-state index contributed by atoms with van der Waals surface area (Å²) in [6.45, 7) is 1.85. The van der Waals surface area contributed by atoms with E-state index in [0.29, 0.717) is 17.1 Å². The van der Waals surface area contributed by atoms with Gasteiger partial charge in [0.1, 0.15) is 5.75 Å². The summed E-state index contributed by atoms with van der Waals surface area (Å²) in [6.07, 6.45) is 3.61. The third kappa shape index (κ3) is 4.14. The second-order valence-electron chi connectivity index (χ2n) is 4.94. The molecule has 0 heterocycles. The first-order valence-corrected chi connectivity index (χ1v) is 7.35. The highest BCUT2D eigenvalue weighted by molar-refractivity contribution is 5.92. The van der Waals surface area contributed by atoms with E-state index in [1.54, 1.807) is 12.1 Å². The van der Waals surface area contributed by atoms with E-state index in [2.05, 4.69) is 0 Å². The van der Waals surface area contributed by atoms with Crippen LogP contribution in [-0.4, -0.2) is 25.1 Å². The Hall–Kier alpha value is -3.35. The fourth-order valence-electron chi connectivity index (χ4n) is 2.19. The van der Waals surface area contributed by atoms with Crippen molar-refractivity contribution in [1.82, 2.24) is 0 Å². The van der Waals surface area contributed by atoms with Crippen LogP contribution in [0.1, 0.15) is 22.8 Å². The highest BCUT2D eigenvalue weighted by atomic mass is 16.6. The molecule has 0 atom stereocenters. The summed E-state index contributed by atoms with van der Waals surface area (Å²) >= 11 is 0. The SMILES string of the molecule is CC=Cc1cc(OC)cc(OC(=O)c2ccc([N+](=O)[O-])cc2)c1OC. The van der Waals surface area contributed by atoms with Gasteiger partial charge in [-0.05, 0) is 25.1 Å². The summed E-state index contributed by atoms with van der Waals surface area (Å²) in [6, 6.07) is 8.44. The standard InChI is InChI=1S/C18H17NO6/c1-4-5-13-10-15(23-2)11-16(17(13)24-3)25-18(20)12-6-8-14(9-7-12)19(21)22/h4-11H,1-3H3. The van der Waals surface area contributed by atoms with E-state index in [1.165, 1.54) is 44.6 Å². The normalized spacial score (nSPS) is 10.5. The quantitative estimate of drug-likeness (QED) is 0.342. The van der Waals surface area contributed by atoms with E-state index in [-0.39, 0.29) is 17.0 Å². The largest absolute Gasteiger partial charge is 0.497 e. The number of nitro groups is 1. The molecule has 0 bridgehead atoms. The Kier molecular flexibility index (Phi) is 5.73. The van der Waals surface area contributed by atoms with Gasteiger partial charge in [0.15, 0.2) is 11.5 Å². The van der Waals surface area contributed by atoms with Crippen LogP contribution in [0.3, 0.4) is 0 Å². The van der Waals surface area contributed by atoms with Crippen LogP contribution >= 0.6 is 0 Å². The first-order valence-electron chi connectivity index (χ1n) is 7.35. The number of nitrogens with zero attached hydrogens (tertiary/aromatic N) is 1. The molecule has 0 aliphatic heterocycles. The molecule has 0 aliphatic rings. The highest BCUT2D eigenvalue weighted by Crippen LogP contribution is 2.37. The van der Waals surface area contributed by atoms with Gasteiger partial charge in [0, 0.05) is 23.8 Å². The summed E-state index contributed by atoms with van der Waals surface area (Å²) in [4.78, 5) is 22.5. The minimum absolute atomic E-state index is 0.106. The maximum atomic E-state index is 12.3. The summed E-state index contributed by atoms with van der Waals surface area (Å²) in [5.41, 5.74) is 0.768. The Labute approximate surface area is 144 Å². The monoisotopic (exact) mass is 343 g/mol. The van der Waals surface area contributed by atoms with Crippen LogP contribution in [0.4, 0.5) is 5.69 Å². The lowest BCUT2D eigenvalue weighted by Gasteiger charge is -2.13. The number of ether oxygens (including phenoxy) is 3. The zero-order valence-corrected chi connectivity index (χ0v) is 14.0. The first kappa shape index (κ1) is 18.0. The van der Waals surface area contributed by atoms with E-state index in [1.807, 2.05) is 13.0 Å². The van der Waals surface area contributed by atoms with Crippen LogP contribution in [0, 0.1) is 10.1 Å². The van der Waals surface area contributed by atoms with Crippen molar-refractivity contribution in [3.8, 4) is 17.2 Å². The van der Waals surface area contributed by atoms with Crippen molar-refractivity contribution in [2.75, 3.05) is 14.2 Å². The number of esters is 1. The maximum Gasteiger partial charge on any atom is 0.343 e. The molecule has 0 fully saturated rings. The Bertz CT molecular complexity index is 811. The smallest absolute Gasteiger partial charge is 0.343 e. The number of non-ortho nitro benzene ring substituents is 1. The third-order valence-corrected chi connectivity index (χ3v) is 3.36. The summed E-state index contributed by atoms with van der Waals surface area (Å²) in [5.74, 6) is 0.417. The average Bonchev–Trinajstić information content (AvgIpc) is 2.61. The molecular weight excluding hydrogens is 326 g/mol. The fourth-order valence-corrected chi connectivity index (χ4v) is 2.19. The zero-order chi connectivity index (χ0) is 18.4. The molecule has 7 nitrogen and oxygen atoms in total. The molecule has 2 rings (SSSR count). The topological polar surface area (TPSA) is 87.9 Å². The molecule has 0 spiro atoms. The van der Waals surface area contributed by atoms with E-state index in [9.17, 15) is 14.9 Å².